The van der Waals surface area contributed by atoms with Crippen molar-refractivity contribution in [2.24, 2.45) is 5.92 Å². The van der Waals surface area contributed by atoms with Gasteiger partial charge in [0, 0.05) is 54.4 Å². The molecule has 0 unspecified atom stereocenters. The summed E-state index contributed by atoms with van der Waals surface area (Å²) in [5, 5.41) is 15.8. The molecule has 1 aromatic carbocycles. The number of hydrogen-bond donors (Lipinski definition) is 0. The van der Waals surface area contributed by atoms with Crippen molar-refractivity contribution in [3.05, 3.63) is 77.0 Å². The van der Waals surface area contributed by atoms with Crippen molar-refractivity contribution in [1.82, 2.24) is 25.0 Å². The molecule has 4 aromatic rings. The molecule has 0 N–H and O–H groups in total. The molecule has 1 aliphatic heterocycles. The minimum atomic E-state index is -0.0596. The van der Waals surface area contributed by atoms with E-state index in [4.69, 9.17) is 0 Å². The first-order chi connectivity index (χ1) is 15.2. The SMILES string of the molecule is Cc1nnc(N2CCC(Cn3nc(-c4ccncc4)ccc3=O)CC2)c2ccccc12. The van der Waals surface area contributed by atoms with Gasteiger partial charge in [-0.3, -0.25) is 9.78 Å². The van der Waals surface area contributed by atoms with E-state index < -0.39 is 0 Å². The summed E-state index contributed by atoms with van der Waals surface area (Å²) in [6.07, 6.45) is 5.44. The highest BCUT2D eigenvalue weighted by Gasteiger charge is 2.23. The monoisotopic (exact) mass is 412 g/mol. The van der Waals surface area contributed by atoms with Crippen LogP contribution >= 0.6 is 0 Å². The van der Waals surface area contributed by atoms with E-state index in [1.165, 1.54) is 0 Å². The van der Waals surface area contributed by atoms with E-state index in [0.29, 0.717) is 12.5 Å². The molecule has 0 radical (unpaired) electrons. The van der Waals surface area contributed by atoms with Crippen LogP contribution in [0, 0.1) is 12.8 Å². The van der Waals surface area contributed by atoms with Crippen LogP contribution in [0.1, 0.15) is 18.5 Å². The quantitative estimate of drug-likeness (QED) is 0.511. The number of nitrogens with zero attached hydrogens (tertiary/aromatic N) is 6. The smallest absolute Gasteiger partial charge is 0.266 e. The Hall–Kier alpha value is -3.61. The van der Waals surface area contributed by atoms with Gasteiger partial charge in [-0.2, -0.15) is 10.2 Å². The minimum Gasteiger partial charge on any atom is -0.355 e. The molecule has 31 heavy (non-hydrogen) atoms. The Morgan fingerprint density at radius 1 is 0.935 bits per heavy atom. The van der Waals surface area contributed by atoms with Crippen LogP contribution in [-0.4, -0.2) is 38.1 Å². The number of aromatic nitrogens is 5. The average Bonchev–Trinajstić information content (AvgIpc) is 2.82. The first kappa shape index (κ1) is 19.4. The van der Waals surface area contributed by atoms with Gasteiger partial charge in [0.15, 0.2) is 5.82 Å². The molecule has 0 spiro atoms. The standard InChI is InChI=1S/C24H24N6O/c1-17-20-4-2-3-5-21(20)24(27-26-17)29-14-10-18(11-15-29)16-30-23(31)7-6-22(28-30)19-8-12-25-13-9-19/h2-9,12-13,18H,10-11,14-16H2,1H3. The molecule has 0 amide bonds. The maximum Gasteiger partial charge on any atom is 0.266 e. The highest BCUT2D eigenvalue weighted by atomic mass is 16.1. The fourth-order valence-corrected chi connectivity index (χ4v) is 4.29. The Bertz CT molecular complexity index is 1260. The Kier molecular flexibility index (Phi) is 5.16. The topological polar surface area (TPSA) is 76.8 Å². The molecule has 1 fully saturated rings. The highest BCUT2D eigenvalue weighted by Crippen LogP contribution is 2.29. The van der Waals surface area contributed by atoms with E-state index >= 15 is 0 Å². The molecule has 1 saturated heterocycles. The van der Waals surface area contributed by atoms with Crippen molar-refractivity contribution < 1.29 is 0 Å². The second-order valence-electron chi connectivity index (χ2n) is 8.06. The van der Waals surface area contributed by atoms with Crippen molar-refractivity contribution in [1.29, 1.82) is 0 Å². The van der Waals surface area contributed by atoms with Crippen molar-refractivity contribution in [3.8, 4) is 11.3 Å². The Balaban J connectivity index is 1.31. The van der Waals surface area contributed by atoms with Crippen LogP contribution in [-0.2, 0) is 6.54 Å². The fourth-order valence-electron chi connectivity index (χ4n) is 4.29. The Labute approximate surface area is 180 Å². The number of piperidine rings is 1. The molecule has 0 aliphatic carbocycles. The van der Waals surface area contributed by atoms with Gasteiger partial charge in [-0.05, 0) is 43.9 Å². The zero-order chi connectivity index (χ0) is 21.2. The van der Waals surface area contributed by atoms with Crippen molar-refractivity contribution in [2.75, 3.05) is 18.0 Å². The zero-order valence-electron chi connectivity index (χ0n) is 17.5. The summed E-state index contributed by atoms with van der Waals surface area (Å²) in [7, 11) is 0. The Morgan fingerprint density at radius 2 is 1.68 bits per heavy atom. The number of fused-ring (bicyclic) bond motifs is 1. The van der Waals surface area contributed by atoms with Gasteiger partial charge in [0.05, 0.1) is 11.4 Å². The molecule has 156 valence electrons. The number of hydrogen-bond acceptors (Lipinski definition) is 6. The highest BCUT2D eigenvalue weighted by molar-refractivity contribution is 5.93. The van der Waals surface area contributed by atoms with E-state index in [1.807, 2.05) is 31.2 Å². The second kappa shape index (κ2) is 8.26. The van der Waals surface area contributed by atoms with Gasteiger partial charge in [-0.25, -0.2) is 4.68 Å². The van der Waals surface area contributed by atoms with Crippen molar-refractivity contribution >= 4 is 16.6 Å². The van der Waals surface area contributed by atoms with Crippen LogP contribution in [0.15, 0.2) is 65.7 Å². The predicted octanol–water partition coefficient (Wildman–Crippen LogP) is 3.47. The summed E-state index contributed by atoms with van der Waals surface area (Å²) in [5.41, 5.74) is 2.65. The first-order valence-corrected chi connectivity index (χ1v) is 10.6. The lowest BCUT2D eigenvalue weighted by molar-refractivity contribution is 0.335. The van der Waals surface area contributed by atoms with Gasteiger partial charge in [-0.15, -0.1) is 5.10 Å². The molecule has 0 saturated carbocycles. The molecule has 7 nitrogen and oxygen atoms in total. The second-order valence-corrected chi connectivity index (χ2v) is 8.06. The van der Waals surface area contributed by atoms with Crippen LogP contribution < -0.4 is 10.5 Å². The summed E-state index contributed by atoms with van der Waals surface area (Å²) >= 11 is 0. The lowest BCUT2D eigenvalue weighted by atomic mass is 9.96. The molecule has 7 heteroatoms. The summed E-state index contributed by atoms with van der Waals surface area (Å²) in [4.78, 5) is 18.8. The average molecular weight is 412 g/mol. The van der Waals surface area contributed by atoms with Gasteiger partial charge in [0.2, 0.25) is 0 Å². The third kappa shape index (κ3) is 3.91. The molecule has 5 rings (SSSR count). The summed E-state index contributed by atoms with van der Waals surface area (Å²) < 4.78 is 1.61. The lowest BCUT2D eigenvalue weighted by Gasteiger charge is -2.33. The first-order valence-electron chi connectivity index (χ1n) is 10.6. The van der Waals surface area contributed by atoms with Gasteiger partial charge in [-0.1, -0.05) is 24.3 Å². The van der Waals surface area contributed by atoms with Crippen molar-refractivity contribution in [3.63, 3.8) is 0 Å². The summed E-state index contributed by atoms with van der Waals surface area (Å²) in [5.74, 6) is 1.36. The number of rotatable bonds is 4. The van der Waals surface area contributed by atoms with Gasteiger partial charge >= 0.3 is 0 Å². The molecule has 4 heterocycles. The van der Waals surface area contributed by atoms with Gasteiger partial charge in [0.1, 0.15) is 0 Å². The third-order valence-corrected chi connectivity index (χ3v) is 6.04. The maximum absolute atomic E-state index is 12.4. The van der Waals surface area contributed by atoms with Crippen molar-refractivity contribution in [2.45, 2.75) is 26.3 Å². The molecule has 3 aromatic heterocycles. The number of anilines is 1. The number of aryl methyl sites for hydroxylation is 1. The number of pyridine rings is 1. The van der Waals surface area contributed by atoms with Crippen LogP contribution in [0.3, 0.4) is 0 Å². The van der Waals surface area contributed by atoms with E-state index in [1.54, 1.807) is 29.2 Å². The predicted molar refractivity (Wildman–Crippen MR) is 121 cm³/mol. The number of benzene rings is 1. The third-order valence-electron chi connectivity index (χ3n) is 6.04. The van der Waals surface area contributed by atoms with Gasteiger partial charge in [0.25, 0.3) is 5.56 Å². The Morgan fingerprint density at radius 3 is 2.45 bits per heavy atom. The lowest BCUT2D eigenvalue weighted by Crippen LogP contribution is -2.37. The maximum atomic E-state index is 12.4. The summed E-state index contributed by atoms with van der Waals surface area (Å²) in [6, 6.07) is 15.5. The van der Waals surface area contributed by atoms with Crippen LogP contribution in [0.25, 0.3) is 22.0 Å². The van der Waals surface area contributed by atoms with E-state index in [9.17, 15) is 4.79 Å². The van der Waals surface area contributed by atoms with Crippen LogP contribution in [0.5, 0.6) is 0 Å². The minimum absolute atomic E-state index is 0.0596. The molecule has 0 atom stereocenters. The van der Waals surface area contributed by atoms with E-state index in [0.717, 1.165) is 59.5 Å². The van der Waals surface area contributed by atoms with Gasteiger partial charge < -0.3 is 4.90 Å². The summed E-state index contributed by atoms with van der Waals surface area (Å²) in [6.45, 7) is 4.42. The molecular weight excluding hydrogens is 388 g/mol. The zero-order valence-corrected chi connectivity index (χ0v) is 17.5. The molecule has 1 aliphatic rings. The van der Waals surface area contributed by atoms with Crippen LogP contribution in [0.4, 0.5) is 5.82 Å². The van der Waals surface area contributed by atoms with Crippen LogP contribution in [0.2, 0.25) is 0 Å². The van der Waals surface area contributed by atoms with E-state index in [2.05, 4.69) is 37.3 Å². The normalized spacial score (nSPS) is 14.8. The van der Waals surface area contributed by atoms with E-state index in [-0.39, 0.29) is 5.56 Å². The molecule has 0 bridgehead atoms. The molecular formula is C24H24N6O. The fraction of sp³-hybridized carbons (Fsp3) is 0.292. The largest absolute Gasteiger partial charge is 0.355 e.